The van der Waals surface area contributed by atoms with Crippen LogP contribution in [0.2, 0.25) is 20.1 Å². The number of carbonyl (C=O) groups is 2. The van der Waals surface area contributed by atoms with E-state index in [1.807, 2.05) is 28.5 Å². The second-order valence-electron chi connectivity index (χ2n) is 8.28. The SMILES string of the molecule is Cc1c(Cl)c(C)c(Cl)c(OCC(=O)Nc2ccc(N3CCN(C(=O)c4cccs4)CC3)c(Cl)c2)c1Cl. The van der Waals surface area contributed by atoms with Gasteiger partial charge in [0.2, 0.25) is 0 Å². The Kier molecular flexibility index (Phi) is 8.58. The van der Waals surface area contributed by atoms with Crippen LogP contribution in [0.5, 0.6) is 5.75 Å². The van der Waals surface area contributed by atoms with Crippen molar-refractivity contribution in [2.75, 3.05) is 43.0 Å². The van der Waals surface area contributed by atoms with Crippen LogP contribution in [-0.4, -0.2) is 49.5 Å². The van der Waals surface area contributed by atoms with E-state index in [0.717, 1.165) is 10.6 Å². The minimum atomic E-state index is -0.392. The molecule has 2 heterocycles. The zero-order valence-corrected chi connectivity index (χ0v) is 23.4. The van der Waals surface area contributed by atoms with E-state index >= 15 is 0 Å². The highest BCUT2D eigenvalue weighted by Crippen LogP contribution is 2.42. The number of rotatable bonds is 6. The van der Waals surface area contributed by atoms with E-state index in [0.29, 0.717) is 53.0 Å². The first-order chi connectivity index (χ1) is 17.2. The van der Waals surface area contributed by atoms with Crippen LogP contribution >= 0.6 is 57.7 Å². The maximum Gasteiger partial charge on any atom is 0.264 e. The number of hydrogen-bond donors (Lipinski definition) is 1. The molecule has 190 valence electrons. The van der Waals surface area contributed by atoms with Crippen LogP contribution in [0.4, 0.5) is 11.4 Å². The third-order valence-electron chi connectivity index (χ3n) is 5.93. The normalized spacial score (nSPS) is 13.6. The van der Waals surface area contributed by atoms with Gasteiger partial charge in [0.15, 0.2) is 12.4 Å². The van der Waals surface area contributed by atoms with Gasteiger partial charge in [0.25, 0.3) is 11.8 Å². The summed E-state index contributed by atoms with van der Waals surface area (Å²) in [7, 11) is 0. The Labute approximate surface area is 233 Å². The van der Waals surface area contributed by atoms with Crippen molar-refractivity contribution in [3.63, 3.8) is 0 Å². The van der Waals surface area contributed by atoms with Gasteiger partial charge in [-0.25, -0.2) is 0 Å². The summed E-state index contributed by atoms with van der Waals surface area (Å²) in [4.78, 5) is 29.8. The number of carbonyl (C=O) groups excluding carboxylic acids is 2. The Morgan fingerprint density at radius 3 is 2.22 bits per heavy atom. The molecule has 0 bridgehead atoms. The highest BCUT2D eigenvalue weighted by molar-refractivity contribution is 7.12. The zero-order valence-electron chi connectivity index (χ0n) is 19.5. The molecule has 1 aromatic heterocycles. The first-order valence-electron chi connectivity index (χ1n) is 11.1. The van der Waals surface area contributed by atoms with Crippen LogP contribution < -0.4 is 15.0 Å². The summed E-state index contributed by atoms with van der Waals surface area (Å²) in [5.41, 5.74) is 2.65. The van der Waals surface area contributed by atoms with E-state index in [2.05, 4.69) is 10.2 Å². The summed E-state index contributed by atoms with van der Waals surface area (Å²) < 4.78 is 5.62. The van der Waals surface area contributed by atoms with Crippen LogP contribution in [0, 0.1) is 13.8 Å². The van der Waals surface area contributed by atoms with Gasteiger partial charge in [0.1, 0.15) is 0 Å². The molecule has 11 heteroatoms. The minimum Gasteiger partial charge on any atom is -0.481 e. The standard InChI is InChI=1S/C25H23Cl4N3O3S/c1-14-21(27)15(2)23(29)24(22(14)28)35-13-20(33)30-16-5-6-18(17(26)12-16)31-7-9-32(10-8-31)25(34)19-4-3-11-36-19/h3-6,11-12H,7-10,13H2,1-2H3,(H,30,33). The average Bonchev–Trinajstić information content (AvgIpc) is 3.41. The Hall–Kier alpha value is -2.16. The second-order valence-corrected chi connectivity index (χ2v) is 10.8. The summed E-state index contributed by atoms with van der Waals surface area (Å²) in [6.45, 7) is 5.77. The van der Waals surface area contributed by atoms with Gasteiger partial charge in [-0.15, -0.1) is 11.3 Å². The fourth-order valence-electron chi connectivity index (χ4n) is 3.92. The number of benzene rings is 2. The van der Waals surface area contributed by atoms with Gasteiger partial charge < -0.3 is 19.9 Å². The van der Waals surface area contributed by atoms with Crippen LogP contribution in [0.25, 0.3) is 0 Å². The molecule has 2 aromatic carbocycles. The monoisotopic (exact) mass is 585 g/mol. The fourth-order valence-corrected chi connectivity index (χ4v) is 5.73. The molecular formula is C25H23Cl4N3O3S. The molecule has 1 aliphatic heterocycles. The van der Waals surface area contributed by atoms with Crippen LogP contribution in [0.15, 0.2) is 35.7 Å². The van der Waals surface area contributed by atoms with Gasteiger partial charge >= 0.3 is 0 Å². The number of hydrogen-bond acceptors (Lipinski definition) is 5. The third kappa shape index (κ3) is 5.71. The number of thiophene rings is 1. The van der Waals surface area contributed by atoms with E-state index in [4.69, 9.17) is 51.1 Å². The average molecular weight is 587 g/mol. The fraction of sp³-hybridized carbons (Fsp3) is 0.280. The molecule has 0 spiro atoms. The van der Waals surface area contributed by atoms with Crippen molar-refractivity contribution in [2.24, 2.45) is 0 Å². The maximum atomic E-state index is 12.6. The molecule has 0 atom stereocenters. The smallest absolute Gasteiger partial charge is 0.264 e. The first-order valence-corrected chi connectivity index (χ1v) is 13.5. The lowest BCUT2D eigenvalue weighted by Gasteiger charge is -2.36. The highest BCUT2D eigenvalue weighted by atomic mass is 35.5. The van der Waals surface area contributed by atoms with Gasteiger partial charge in [-0.3, -0.25) is 9.59 Å². The Morgan fingerprint density at radius 2 is 1.64 bits per heavy atom. The molecule has 1 saturated heterocycles. The summed E-state index contributed by atoms with van der Waals surface area (Å²) in [6, 6.07) is 9.04. The molecule has 0 aliphatic carbocycles. The Morgan fingerprint density at radius 1 is 0.972 bits per heavy atom. The molecule has 36 heavy (non-hydrogen) atoms. The second kappa shape index (κ2) is 11.5. The Balaban J connectivity index is 1.34. The van der Waals surface area contributed by atoms with E-state index < -0.39 is 5.91 Å². The number of nitrogens with one attached hydrogen (secondary N) is 1. The van der Waals surface area contributed by atoms with E-state index in [-0.39, 0.29) is 28.3 Å². The van der Waals surface area contributed by atoms with Crippen LogP contribution in [0.1, 0.15) is 20.8 Å². The van der Waals surface area contributed by atoms with Crippen molar-refractivity contribution in [1.29, 1.82) is 0 Å². The predicted molar refractivity (Wildman–Crippen MR) is 149 cm³/mol. The lowest BCUT2D eigenvalue weighted by Crippen LogP contribution is -2.48. The molecule has 1 fully saturated rings. The summed E-state index contributed by atoms with van der Waals surface area (Å²) in [5, 5.41) is 6.18. The number of piperazine rings is 1. The summed E-state index contributed by atoms with van der Waals surface area (Å²) in [6.07, 6.45) is 0. The quantitative estimate of drug-likeness (QED) is 0.339. The lowest BCUT2D eigenvalue weighted by atomic mass is 10.1. The molecule has 1 N–H and O–H groups in total. The molecular weight excluding hydrogens is 564 g/mol. The van der Waals surface area contributed by atoms with E-state index in [9.17, 15) is 9.59 Å². The molecule has 4 rings (SSSR count). The lowest BCUT2D eigenvalue weighted by molar-refractivity contribution is -0.118. The zero-order chi connectivity index (χ0) is 26.0. The maximum absolute atomic E-state index is 12.6. The largest absolute Gasteiger partial charge is 0.481 e. The molecule has 0 saturated carbocycles. The van der Waals surface area contributed by atoms with Gasteiger partial charge in [0.05, 0.1) is 25.6 Å². The van der Waals surface area contributed by atoms with Gasteiger partial charge in [-0.2, -0.15) is 0 Å². The summed E-state index contributed by atoms with van der Waals surface area (Å²) >= 11 is 26.8. The third-order valence-corrected chi connectivity index (χ3v) is 8.57. The predicted octanol–water partition coefficient (Wildman–Crippen LogP) is 6.96. The molecule has 3 aromatic rings. The van der Waals surface area contributed by atoms with Crippen LogP contribution in [-0.2, 0) is 4.79 Å². The van der Waals surface area contributed by atoms with Crippen molar-refractivity contribution in [1.82, 2.24) is 4.90 Å². The van der Waals surface area contributed by atoms with Crippen molar-refractivity contribution < 1.29 is 14.3 Å². The van der Waals surface area contributed by atoms with Gasteiger partial charge in [0, 0.05) is 36.9 Å². The summed E-state index contributed by atoms with van der Waals surface area (Å²) in [5.74, 6) is -0.114. The molecule has 0 unspecified atom stereocenters. The number of ether oxygens (including phenoxy) is 1. The van der Waals surface area contributed by atoms with Crippen LogP contribution in [0.3, 0.4) is 0 Å². The number of halogens is 4. The van der Waals surface area contributed by atoms with Crippen molar-refractivity contribution in [3.05, 3.63) is 71.8 Å². The number of amides is 2. The number of anilines is 2. The molecule has 2 amide bonds. The first kappa shape index (κ1) is 26.9. The molecule has 1 aliphatic rings. The van der Waals surface area contributed by atoms with E-state index in [1.165, 1.54) is 11.3 Å². The number of nitrogens with zero attached hydrogens (tertiary/aromatic N) is 2. The topological polar surface area (TPSA) is 61.9 Å². The molecule has 0 radical (unpaired) electrons. The van der Waals surface area contributed by atoms with Crippen molar-refractivity contribution in [3.8, 4) is 5.75 Å². The van der Waals surface area contributed by atoms with Gasteiger partial charge in [-0.1, -0.05) is 52.5 Å². The highest BCUT2D eigenvalue weighted by Gasteiger charge is 2.24. The van der Waals surface area contributed by atoms with Gasteiger partial charge in [-0.05, 0) is 54.6 Å². The minimum absolute atomic E-state index is 0.0579. The van der Waals surface area contributed by atoms with Crippen molar-refractivity contribution in [2.45, 2.75) is 13.8 Å². The Bertz CT molecular complexity index is 1260. The van der Waals surface area contributed by atoms with Crippen molar-refractivity contribution >= 4 is 80.9 Å². The molecule has 6 nitrogen and oxygen atoms in total. The van der Waals surface area contributed by atoms with E-state index in [1.54, 1.807) is 26.0 Å².